The van der Waals surface area contributed by atoms with Gasteiger partial charge in [-0.3, -0.25) is 9.78 Å². The number of hydrogen-bond acceptors (Lipinski definition) is 3. The first-order valence-electron chi connectivity index (χ1n) is 5.68. The van der Waals surface area contributed by atoms with E-state index in [0.717, 1.165) is 0 Å². The molecule has 0 amide bonds. The quantitative estimate of drug-likeness (QED) is 0.808. The molecule has 0 radical (unpaired) electrons. The number of aryl methyl sites for hydroxylation is 1. The highest BCUT2D eigenvalue weighted by atomic mass is 19.4. The predicted octanol–water partition coefficient (Wildman–Crippen LogP) is 3.52. The standard InChI is InChI=1S/C14H10F3NO2/c1-9-4-2-6-11(13(9)20-14(15,16)17)12(19)10-5-3-7-18-8-10/h2-8H,1H3. The van der Waals surface area contributed by atoms with E-state index in [1.54, 1.807) is 0 Å². The average molecular weight is 281 g/mol. The number of para-hydroxylation sites is 1. The van der Waals surface area contributed by atoms with Crippen molar-refractivity contribution in [3.05, 3.63) is 59.4 Å². The minimum absolute atomic E-state index is 0.143. The van der Waals surface area contributed by atoms with Crippen molar-refractivity contribution < 1.29 is 22.7 Å². The summed E-state index contributed by atoms with van der Waals surface area (Å²) >= 11 is 0. The Kier molecular flexibility index (Phi) is 3.74. The first kappa shape index (κ1) is 14.0. The molecule has 1 aromatic carbocycles. The molecule has 1 aromatic heterocycles. The zero-order valence-corrected chi connectivity index (χ0v) is 10.4. The Balaban J connectivity index is 2.47. The van der Waals surface area contributed by atoms with E-state index >= 15 is 0 Å². The van der Waals surface area contributed by atoms with Gasteiger partial charge in [0.2, 0.25) is 0 Å². The van der Waals surface area contributed by atoms with Gasteiger partial charge < -0.3 is 4.74 Å². The Morgan fingerprint density at radius 2 is 1.95 bits per heavy atom. The number of halogens is 3. The molecule has 0 aliphatic heterocycles. The van der Waals surface area contributed by atoms with Gasteiger partial charge in [-0.25, -0.2) is 0 Å². The third-order valence-electron chi connectivity index (χ3n) is 2.60. The van der Waals surface area contributed by atoms with Crippen molar-refractivity contribution in [3.8, 4) is 5.75 Å². The Morgan fingerprint density at radius 3 is 2.55 bits per heavy atom. The van der Waals surface area contributed by atoms with E-state index in [9.17, 15) is 18.0 Å². The maximum absolute atomic E-state index is 12.4. The van der Waals surface area contributed by atoms with Gasteiger partial charge in [0.05, 0.1) is 5.56 Å². The molecule has 0 aliphatic carbocycles. The van der Waals surface area contributed by atoms with Gasteiger partial charge in [0.15, 0.2) is 5.78 Å². The molecule has 0 N–H and O–H groups in total. The normalized spacial score (nSPS) is 11.2. The minimum atomic E-state index is -4.85. The number of aromatic nitrogens is 1. The Labute approximate surface area is 113 Å². The van der Waals surface area contributed by atoms with Crippen LogP contribution in [0.2, 0.25) is 0 Å². The fraction of sp³-hybridized carbons (Fsp3) is 0.143. The highest BCUT2D eigenvalue weighted by Gasteiger charge is 2.33. The molecule has 0 saturated carbocycles. The topological polar surface area (TPSA) is 39.2 Å². The van der Waals surface area contributed by atoms with E-state index < -0.39 is 17.9 Å². The van der Waals surface area contributed by atoms with E-state index in [1.165, 1.54) is 49.6 Å². The van der Waals surface area contributed by atoms with Gasteiger partial charge in [0.1, 0.15) is 5.75 Å². The summed E-state index contributed by atoms with van der Waals surface area (Å²) < 4.78 is 41.2. The van der Waals surface area contributed by atoms with Gasteiger partial charge in [0.25, 0.3) is 0 Å². The molecule has 2 aromatic rings. The SMILES string of the molecule is Cc1cccc(C(=O)c2cccnc2)c1OC(F)(F)F. The van der Waals surface area contributed by atoms with Gasteiger partial charge in [-0.2, -0.15) is 0 Å². The third kappa shape index (κ3) is 3.14. The summed E-state index contributed by atoms with van der Waals surface area (Å²) in [6.07, 6.45) is -2.09. The monoisotopic (exact) mass is 281 g/mol. The summed E-state index contributed by atoms with van der Waals surface area (Å²) in [4.78, 5) is 16.0. The number of alkyl halides is 3. The zero-order chi connectivity index (χ0) is 14.8. The second-order valence-electron chi connectivity index (χ2n) is 4.07. The van der Waals surface area contributed by atoms with Gasteiger partial charge in [0, 0.05) is 18.0 Å². The van der Waals surface area contributed by atoms with E-state index in [4.69, 9.17) is 0 Å². The van der Waals surface area contributed by atoms with Crippen molar-refractivity contribution in [2.75, 3.05) is 0 Å². The van der Waals surface area contributed by atoms with Crippen LogP contribution in [0.4, 0.5) is 13.2 Å². The molecule has 0 spiro atoms. The summed E-state index contributed by atoms with van der Waals surface area (Å²) in [5.41, 5.74) is 0.289. The molecule has 0 fully saturated rings. The van der Waals surface area contributed by atoms with Crippen LogP contribution in [-0.2, 0) is 0 Å². The molecule has 0 atom stereocenters. The minimum Gasteiger partial charge on any atom is -0.405 e. The van der Waals surface area contributed by atoms with Crippen molar-refractivity contribution in [2.45, 2.75) is 13.3 Å². The molecule has 1 heterocycles. The van der Waals surface area contributed by atoms with Gasteiger partial charge in [-0.1, -0.05) is 12.1 Å². The molecular formula is C14H10F3NO2. The second kappa shape index (κ2) is 5.32. The Hall–Kier alpha value is -2.37. The number of benzene rings is 1. The molecule has 3 nitrogen and oxygen atoms in total. The maximum Gasteiger partial charge on any atom is 0.573 e. The van der Waals surface area contributed by atoms with E-state index in [2.05, 4.69) is 9.72 Å². The van der Waals surface area contributed by atoms with Crippen LogP contribution in [0, 0.1) is 6.92 Å². The van der Waals surface area contributed by atoms with Crippen LogP contribution in [0.1, 0.15) is 21.5 Å². The lowest BCUT2D eigenvalue weighted by Crippen LogP contribution is -2.20. The van der Waals surface area contributed by atoms with E-state index in [0.29, 0.717) is 0 Å². The van der Waals surface area contributed by atoms with E-state index in [-0.39, 0.29) is 16.7 Å². The fourth-order valence-corrected chi connectivity index (χ4v) is 1.74. The summed E-state index contributed by atoms with van der Waals surface area (Å²) in [5.74, 6) is -1.05. The highest BCUT2D eigenvalue weighted by Crippen LogP contribution is 2.31. The number of ketones is 1. The van der Waals surface area contributed by atoms with Crippen molar-refractivity contribution >= 4 is 5.78 Å². The van der Waals surface area contributed by atoms with Crippen molar-refractivity contribution in [3.63, 3.8) is 0 Å². The largest absolute Gasteiger partial charge is 0.573 e. The smallest absolute Gasteiger partial charge is 0.405 e. The first-order valence-corrected chi connectivity index (χ1v) is 5.68. The predicted molar refractivity (Wildman–Crippen MR) is 65.5 cm³/mol. The molecular weight excluding hydrogens is 271 g/mol. The molecule has 2 rings (SSSR count). The second-order valence-corrected chi connectivity index (χ2v) is 4.07. The number of nitrogens with zero attached hydrogens (tertiary/aromatic N) is 1. The lowest BCUT2D eigenvalue weighted by Gasteiger charge is -2.14. The third-order valence-corrected chi connectivity index (χ3v) is 2.60. The molecule has 0 saturated heterocycles. The number of ether oxygens (including phenoxy) is 1. The Morgan fingerprint density at radius 1 is 1.20 bits per heavy atom. The molecule has 6 heteroatoms. The summed E-state index contributed by atoms with van der Waals surface area (Å²) in [7, 11) is 0. The molecule has 20 heavy (non-hydrogen) atoms. The van der Waals surface area contributed by atoms with E-state index in [1.807, 2.05) is 0 Å². The van der Waals surface area contributed by atoms with Crippen molar-refractivity contribution in [1.82, 2.24) is 4.98 Å². The van der Waals surface area contributed by atoms with Crippen LogP contribution >= 0.6 is 0 Å². The molecule has 0 aliphatic rings. The number of hydrogen-bond donors (Lipinski definition) is 0. The lowest BCUT2D eigenvalue weighted by molar-refractivity contribution is -0.274. The van der Waals surface area contributed by atoms with Crippen molar-refractivity contribution in [2.24, 2.45) is 0 Å². The van der Waals surface area contributed by atoms with Gasteiger partial charge in [-0.05, 0) is 30.7 Å². The zero-order valence-electron chi connectivity index (χ0n) is 10.4. The lowest BCUT2D eigenvalue weighted by atomic mass is 10.0. The highest BCUT2D eigenvalue weighted by molar-refractivity contribution is 6.10. The van der Waals surface area contributed by atoms with Gasteiger partial charge >= 0.3 is 6.36 Å². The number of pyridine rings is 1. The maximum atomic E-state index is 12.4. The fourth-order valence-electron chi connectivity index (χ4n) is 1.74. The summed E-state index contributed by atoms with van der Waals surface area (Å²) in [6.45, 7) is 1.45. The Bertz CT molecular complexity index is 624. The van der Waals surface area contributed by atoms with Crippen molar-refractivity contribution in [1.29, 1.82) is 0 Å². The van der Waals surface area contributed by atoms with Crippen LogP contribution < -0.4 is 4.74 Å². The molecule has 0 bridgehead atoms. The summed E-state index contributed by atoms with van der Waals surface area (Å²) in [6, 6.07) is 7.26. The number of carbonyl (C=O) groups excluding carboxylic acids is 1. The molecule has 104 valence electrons. The average Bonchev–Trinajstić information content (AvgIpc) is 2.40. The van der Waals surface area contributed by atoms with Crippen LogP contribution in [-0.4, -0.2) is 17.1 Å². The van der Waals surface area contributed by atoms with Crippen LogP contribution in [0.25, 0.3) is 0 Å². The van der Waals surface area contributed by atoms with Crippen LogP contribution in [0.3, 0.4) is 0 Å². The molecule has 0 unspecified atom stereocenters. The number of rotatable bonds is 3. The van der Waals surface area contributed by atoms with Gasteiger partial charge in [-0.15, -0.1) is 13.2 Å². The summed E-state index contributed by atoms with van der Waals surface area (Å²) in [5, 5.41) is 0. The van der Waals surface area contributed by atoms with Crippen LogP contribution in [0.5, 0.6) is 5.75 Å². The first-order chi connectivity index (χ1) is 9.38. The van der Waals surface area contributed by atoms with Crippen LogP contribution in [0.15, 0.2) is 42.7 Å². The number of carbonyl (C=O) groups is 1.